The Morgan fingerprint density at radius 3 is 2.83 bits per heavy atom. The van der Waals surface area contributed by atoms with E-state index in [1.54, 1.807) is 13.4 Å². The summed E-state index contributed by atoms with van der Waals surface area (Å²) in [7, 11) is 1.64. The summed E-state index contributed by atoms with van der Waals surface area (Å²) < 4.78 is 7.14. The fourth-order valence-electron chi connectivity index (χ4n) is 0.778. The zero-order valence-corrected chi connectivity index (χ0v) is 10.3. The predicted molar refractivity (Wildman–Crippen MR) is 62.9 cm³/mol. The highest BCUT2D eigenvalue weighted by Gasteiger charge is 1.95. The SMILES string of the molecule is CO/C=C\c1ccc(Br)cc1I. The van der Waals surface area contributed by atoms with Crippen LogP contribution >= 0.6 is 38.5 Å². The van der Waals surface area contributed by atoms with Gasteiger partial charge in [0.2, 0.25) is 0 Å². The Labute approximate surface area is 94.1 Å². The molecule has 0 atom stereocenters. The van der Waals surface area contributed by atoms with Crippen LogP contribution in [0.4, 0.5) is 0 Å². The molecule has 3 heteroatoms. The Balaban J connectivity index is 2.94. The second-order valence-electron chi connectivity index (χ2n) is 2.20. The zero-order valence-electron chi connectivity index (χ0n) is 6.55. The van der Waals surface area contributed by atoms with Crippen molar-refractivity contribution in [1.82, 2.24) is 0 Å². The zero-order chi connectivity index (χ0) is 8.97. The molecule has 0 aromatic heterocycles. The summed E-state index contributed by atoms with van der Waals surface area (Å²) in [5.41, 5.74) is 1.17. The van der Waals surface area contributed by atoms with Crippen molar-refractivity contribution in [3.05, 3.63) is 38.1 Å². The van der Waals surface area contributed by atoms with Gasteiger partial charge in [0, 0.05) is 8.04 Å². The van der Waals surface area contributed by atoms with Crippen LogP contribution in [0.3, 0.4) is 0 Å². The third-order valence-electron chi connectivity index (χ3n) is 1.35. The van der Waals surface area contributed by atoms with Gasteiger partial charge in [-0.25, -0.2) is 0 Å². The van der Waals surface area contributed by atoms with Gasteiger partial charge in [-0.15, -0.1) is 0 Å². The van der Waals surface area contributed by atoms with Gasteiger partial charge in [-0.2, -0.15) is 0 Å². The molecule has 0 bridgehead atoms. The van der Waals surface area contributed by atoms with Gasteiger partial charge in [0.15, 0.2) is 0 Å². The number of rotatable bonds is 2. The summed E-state index contributed by atoms with van der Waals surface area (Å²) in [5.74, 6) is 0. The lowest BCUT2D eigenvalue weighted by Gasteiger charge is -1.98. The van der Waals surface area contributed by atoms with E-state index in [4.69, 9.17) is 4.74 Å². The first-order valence-electron chi connectivity index (χ1n) is 3.38. The van der Waals surface area contributed by atoms with Crippen molar-refractivity contribution < 1.29 is 4.74 Å². The van der Waals surface area contributed by atoms with Crippen LogP contribution in [-0.2, 0) is 4.74 Å². The third-order valence-corrected chi connectivity index (χ3v) is 2.77. The Kier molecular flexibility index (Phi) is 4.08. The molecule has 0 aliphatic rings. The van der Waals surface area contributed by atoms with Gasteiger partial charge in [0.1, 0.15) is 0 Å². The van der Waals surface area contributed by atoms with Gasteiger partial charge in [-0.05, 0) is 46.4 Å². The van der Waals surface area contributed by atoms with Gasteiger partial charge in [-0.1, -0.05) is 22.0 Å². The minimum atomic E-state index is 1.10. The topological polar surface area (TPSA) is 9.23 Å². The molecule has 0 saturated heterocycles. The third kappa shape index (κ3) is 2.79. The van der Waals surface area contributed by atoms with Crippen LogP contribution in [0.25, 0.3) is 6.08 Å². The molecule has 0 spiro atoms. The Bertz CT molecular complexity index is 297. The average molecular weight is 339 g/mol. The summed E-state index contributed by atoms with van der Waals surface area (Å²) in [6.07, 6.45) is 3.61. The van der Waals surface area contributed by atoms with Gasteiger partial charge < -0.3 is 4.74 Å². The molecule has 0 aliphatic heterocycles. The monoisotopic (exact) mass is 338 g/mol. The maximum atomic E-state index is 4.84. The number of halogens is 2. The van der Waals surface area contributed by atoms with Crippen LogP contribution < -0.4 is 0 Å². The molecule has 0 aliphatic carbocycles. The van der Waals surface area contributed by atoms with Gasteiger partial charge >= 0.3 is 0 Å². The molecular formula is C9H8BrIO. The van der Waals surface area contributed by atoms with E-state index < -0.39 is 0 Å². The van der Waals surface area contributed by atoms with E-state index in [0.29, 0.717) is 0 Å². The van der Waals surface area contributed by atoms with Gasteiger partial charge in [0.25, 0.3) is 0 Å². The molecule has 0 amide bonds. The smallest absolute Gasteiger partial charge is 0.0830 e. The van der Waals surface area contributed by atoms with Crippen molar-refractivity contribution >= 4 is 44.6 Å². The lowest BCUT2D eigenvalue weighted by Crippen LogP contribution is -1.79. The predicted octanol–water partition coefficient (Wildman–Crippen LogP) is 3.67. The summed E-state index contributed by atoms with van der Waals surface area (Å²) >= 11 is 5.69. The number of hydrogen-bond acceptors (Lipinski definition) is 1. The summed E-state index contributed by atoms with van der Waals surface area (Å²) in [4.78, 5) is 0. The maximum Gasteiger partial charge on any atom is 0.0830 e. The molecule has 1 nitrogen and oxygen atoms in total. The van der Waals surface area contributed by atoms with E-state index in [1.165, 1.54) is 9.13 Å². The number of benzene rings is 1. The summed E-state index contributed by atoms with van der Waals surface area (Å²) in [6, 6.07) is 6.12. The second kappa shape index (κ2) is 4.87. The first-order chi connectivity index (χ1) is 5.74. The first kappa shape index (κ1) is 10.1. The van der Waals surface area contributed by atoms with Gasteiger partial charge in [0.05, 0.1) is 13.4 Å². The minimum absolute atomic E-state index is 1.10. The van der Waals surface area contributed by atoms with E-state index in [0.717, 1.165) is 4.47 Å². The molecule has 0 N–H and O–H groups in total. The Morgan fingerprint density at radius 2 is 2.25 bits per heavy atom. The first-order valence-corrected chi connectivity index (χ1v) is 5.25. The fourth-order valence-corrected chi connectivity index (χ4v) is 2.26. The molecule has 1 rings (SSSR count). The molecule has 64 valence electrons. The quantitative estimate of drug-likeness (QED) is 0.590. The van der Waals surface area contributed by atoms with Crippen LogP contribution in [0.15, 0.2) is 28.9 Å². The van der Waals surface area contributed by atoms with Gasteiger partial charge in [-0.3, -0.25) is 0 Å². The van der Waals surface area contributed by atoms with Crippen molar-refractivity contribution in [1.29, 1.82) is 0 Å². The van der Waals surface area contributed by atoms with Crippen molar-refractivity contribution in [3.63, 3.8) is 0 Å². The molecule has 1 aromatic carbocycles. The maximum absolute atomic E-state index is 4.84. The molecular weight excluding hydrogens is 331 g/mol. The van der Waals surface area contributed by atoms with E-state index >= 15 is 0 Å². The van der Waals surface area contributed by atoms with Crippen LogP contribution in [0, 0.1) is 3.57 Å². The van der Waals surface area contributed by atoms with Crippen LogP contribution in [0.5, 0.6) is 0 Å². The highest BCUT2D eigenvalue weighted by molar-refractivity contribution is 14.1. The number of hydrogen-bond donors (Lipinski definition) is 0. The minimum Gasteiger partial charge on any atom is -0.504 e. The molecule has 1 aromatic rings. The van der Waals surface area contributed by atoms with E-state index in [1.807, 2.05) is 18.2 Å². The molecule has 0 fully saturated rings. The van der Waals surface area contributed by atoms with Crippen molar-refractivity contribution in [2.75, 3.05) is 7.11 Å². The lowest BCUT2D eigenvalue weighted by molar-refractivity contribution is 0.341. The summed E-state index contributed by atoms with van der Waals surface area (Å²) in [6.45, 7) is 0. The van der Waals surface area contributed by atoms with Crippen molar-refractivity contribution in [2.45, 2.75) is 0 Å². The van der Waals surface area contributed by atoms with E-state index in [2.05, 4.69) is 44.6 Å². The molecule has 12 heavy (non-hydrogen) atoms. The van der Waals surface area contributed by atoms with Crippen molar-refractivity contribution in [2.24, 2.45) is 0 Å². The number of methoxy groups -OCH3 is 1. The Hall–Kier alpha value is -0.0300. The van der Waals surface area contributed by atoms with E-state index in [9.17, 15) is 0 Å². The highest BCUT2D eigenvalue weighted by atomic mass is 127. The van der Waals surface area contributed by atoms with E-state index in [-0.39, 0.29) is 0 Å². The van der Waals surface area contributed by atoms with Crippen LogP contribution in [0.2, 0.25) is 0 Å². The van der Waals surface area contributed by atoms with Crippen molar-refractivity contribution in [3.8, 4) is 0 Å². The van der Waals surface area contributed by atoms with Crippen LogP contribution in [0.1, 0.15) is 5.56 Å². The lowest BCUT2D eigenvalue weighted by atomic mass is 10.2. The highest BCUT2D eigenvalue weighted by Crippen LogP contribution is 2.19. The standard InChI is InChI=1S/C9H8BrIO/c1-12-5-4-7-2-3-8(10)6-9(7)11/h2-6H,1H3/b5-4-. The molecule has 0 heterocycles. The average Bonchev–Trinajstić information content (AvgIpc) is 2.03. The fraction of sp³-hybridized carbons (Fsp3) is 0.111. The summed E-state index contributed by atoms with van der Waals surface area (Å²) in [5, 5.41) is 0. The molecule has 0 unspecified atom stereocenters. The van der Waals surface area contributed by atoms with Crippen LogP contribution in [-0.4, -0.2) is 7.11 Å². The normalized spacial score (nSPS) is 10.6. The second-order valence-corrected chi connectivity index (χ2v) is 4.28. The molecule has 0 radical (unpaired) electrons. The molecule has 0 saturated carbocycles. The largest absolute Gasteiger partial charge is 0.504 e. The Morgan fingerprint density at radius 1 is 1.50 bits per heavy atom. The number of ether oxygens (including phenoxy) is 1.